The Labute approximate surface area is 191 Å². The first-order valence-electron chi connectivity index (χ1n) is 10.4. The molecule has 0 radical (unpaired) electrons. The number of nitrogens with one attached hydrogen (secondary N) is 3. The van der Waals surface area contributed by atoms with Gasteiger partial charge in [0.1, 0.15) is 11.7 Å². The molecule has 0 saturated carbocycles. The third kappa shape index (κ3) is 6.42. The molecule has 9 nitrogen and oxygen atoms in total. The quantitative estimate of drug-likeness (QED) is 0.451. The van der Waals surface area contributed by atoms with Gasteiger partial charge in [-0.05, 0) is 23.6 Å². The summed E-state index contributed by atoms with van der Waals surface area (Å²) in [4.78, 5) is 36.4. The predicted octanol–water partition coefficient (Wildman–Crippen LogP) is 3.59. The number of methoxy groups -OCH3 is 1. The molecule has 3 N–H and O–H groups in total. The minimum Gasteiger partial charge on any atom is -0.467 e. The molecule has 2 aromatic carbocycles. The number of anilines is 1. The normalized spacial score (nSPS) is 11.5. The molecular weight excluding hydrogens is 424 g/mol. The van der Waals surface area contributed by atoms with Gasteiger partial charge in [0.05, 0.1) is 7.11 Å². The molecule has 3 amide bonds. The molecule has 0 spiro atoms. The van der Waals surface area contributed by atoms with Crippen molar-refractivity contribution in [1.29, 1.82) is 0 Å². The summed E-state index contributed by atoms with van der Waals surface area (Å²) in [5.74, 6) is -1.28. The van der Waals surface area contributed by atoms with Crippen LogP contribution in [0.25, 0.3) is 11.3 Å². The summed E-state index contributed by atoms with van der Waals surface area (Å²) in [6.45, 7) is 4.01. The van der Waals surface area contributed by atoms with Crippen LogP contribution in [0.2, 0.25) is 0 Å². The summed E-state index contributed by atoms with van der Waals surface area (Å²) in [5, 5.41) is 12.1. The number of nitrogens with zero attached hydrogens (tertiary/aromatic N) is 1. The van der Waals surface area contributed by atoms with Crippen molar-refractivity contribution in [2.75, 3.05) is 12.4 Å². The molecule has 0 fully saturated rings. The van der Waals surface area contributed by atoms with Gasteiger partial charge in [-0.1, -0.05) is 61.5 Å². The van der Waals surface area contributed by atoms with E-state index in [9.17, 15) is 14.4 Å². The van der Waals surface area contributed by atoms with Crippen LogP contribution in [0, 0.1) is 5.92 Å². The number of esters is 1. The highest BCUT2D eigenvalue weighted by molar-refractivity contribution is 5.95. The van der Waals surface area contributed by atoms with E-state index < -0.39 is 17.9 Å². The van der Waals surface area contributed by atoms with Gasteiger partial charge in [-0.15, -0.1) is 0 Å². The molecule has 33 heavy (non-hydrogen) atoms. The molecule has 0 bridgehead atoms. The van der Waals surface area contributed by atoms with Gasteiger partial charge in [-0.2, -0.15) is 0 Å². The fourth-order valence-corrected chi connectivity index (χ4v) is 3.03. The van der Waals surface area contributed by atoms with Gasteiger partial charge in [0.25, 0.3) is 5.91 Å². The smallest absolute Gasteiger partial charge is 0.328 e. The Balaban J connectivity index is 1.58. The van der Waals surface area contributed by atoms with Gasteiger partial charge < -0.3 is 25.2 Å². The molecule has 172 valence electrons. The Kier molecular flexibility index (Phi) is 7.80. The summed E-state index contributed by atoms with van der Waals surface area (Å²) < 4.78 is 9.88. The molecule has 0 aliphatic heterocycles. The van der Waals surface area contributed by atoms with Crippen molar-refractivity contribution in [3.8, 4) is 11.3 Å². The van der Waals surface area contributed by atoms with Crippen LogP contribution in [0.15, 0.2) is 65.2 Å². The van der Waals surface area contributed by atoms with E-state index in [1.54, 1.807) is 38.1 Å². The van der Waals surface area contributed by atoms with Crippen molar-refractivity contribution in [3.63, 3.8) is 0 Å². The number of hydrogen-bond acceptors (Lipinski definition) is 6. The first-order valence-corrected chi connectivity index (χ1v) is 10.4. The van der Waals surface area contributed by atoms with Crippen molar-refractivity contribution in [2.24, 2.45) is 5.92 Å². The zero-order valence-electron chi connectivity index (χ0n) is 18.6. The second-order valence-corrected chi connectivity index (χ2v) is 7.67. The maximum atomic E-state index is 12.5. The second-order valence-electron chi connectivity index (χ2n) is 7.67. The maximum Gasteiger partial charge on any atom is 0.328 e. The van der Waals surface area contributed by atoms with E-state index in [-0.39, 0.29) is 17.7 Å². The zero-order chi connectivity index (χ0) is 23.8. The van der Waals surface area contributed by atoms with Crippen LogP contribution < -0.4 is 16.0 Å². The summed E-state index contributed by atoms with van der Waals surface area (Å²) in [6.07, 6.45) is 0. The fraction of sp³-hybridized carbons (Fsp3) is 0.250. The van der Waals surface area contributed by atoms with E-state index >= 15 is 0 Å². The monoisotopic (exact) mass is 450 g/mol. The number of carbonyl (C=O) groups is 3. The molecule has 1 atom stereocenters. The number of carbonyl (C=O) groups excluding carboxylic acids is 3. The van der Waals surface area contributed by atoms with Crippen molar-refractivity contribution >= 4 is 23.6 Å². The number of benzene rings is 2. The largest absolute Gasteiger partial charge is 0.467 e. The van der Waals surface area contributed by atoms with Gasteiger partial charge in [-0.3, -0.25) is 4.79 Å². The minimum atomic E-state index is -0.797. The third-order valence-electron chi connectivity index (χ3n) is 4.88. The SMILES string of the molecule is COC(=O)C(NC(=O)c1cc(-c2ccc(NC(=O)NCc3ccccc3)cc2)no1)C(C)C. The summed E-state index contributed by atoms with van der Waals surface area (Å²) in [7, 11) is 1.27. The van der Waals surface area contributed by atoms with E-state index in [1.165, 1.54) is 13.2 Å². The van der Waals surface area contributed by atoms with Crippen LogP contribution in [-0.2, 0) is 16.1 Å². The molecule has 3 rings (SSSR count). The van der Waals surface area contributed by atoms with Crippen LogP contribution in [0.1, 0.15) is 30.0 Å². The summed E-state index contributed by atoms with van der Waals surface area (Å²) >= 11 is 0. The van der Waals surface area contributed by atoms with E-state index in [4.69, 9.17) is 9.26 Å². The van der Waals surface area contributed by atoms with E-state index in [2.05, 4.69) is 21.1 Å². The second kappa shape index (κ2) is 10.9. The predicted molar refractivity (Wildman–Crippen MR) is 122 cm³/mol. The Morgan fingerprint density at radius 2 is 1.73 bits per heavy atom. The van der Waals surface area contributed by atoms with Gasteiger partial charge >= 0.3 is 12.0 Å². The molecule has 1 heterocycles. The van der Waals surface area contributed by atoms with E-state index in [0.29, 0.717) is 23.5 Å². The van der Waals surface area contributed by atoms with Crippen LogP contribution >= 0.6 is 0 Å². The van der Waals surface area contributed by atoms with Crippen molar-refractivity contribution in [1.82, 2.24) is 15.8 Å². The average Bonchev–Trinajstić information content (AvgIpc) is 3.32. The molecule has 0 saturated heterocycles. The highest BCUT2D eigenvalue weighted by atomic mass is 16.5. The summed E-state index contributed by atoms with van der Waals surface area (Å²) in [5.41, 5.74) is 2.74. The van der Waals surface area contributed by atoms with Crippen molar-refractivity contribution in [2.45, 2.75) is 26.4 Å². The lowest BCUT2D eigenvalue weighted by atomic mass is 10.0. The number of ether oxygens (including phenoxy) is 1. The molecule has 3 aromatic rings. The van der Waals surface area contributed by atoms with Crippen LogP contribution in [-0.4, -0.2) is 36.2 Å². The Hall–Kier alpha value is -4.14. The van der Waals surface area contributed by atoms with Gasteiger partial charge in [-0.25, -0.2) is 9.59 Å². The number of rotatable bonds is 8. The third-order valence-corrected chi connectivity index (χ3v) is 4.88. The Bertz CT molecular complexity index is 1090. The van der Waals surface area contributed by atoms with Crippen LogP contribution in [0.5, 0.6) is 0 Å². The van der Waals surface area contributed by atoms with Crippen LogP contribution in [0.3, 0.4) is 0 Å². The molecular formula is C24H26N4O5. The lowest BCUT2D eigenvalue weighted by Gasteiger charge is -2.18. The standard InChI is InChI=1S/C24H26N4O5/c1-15(2)21(23(30)32-3)27-22(29)20-13-19(28-33-20)17-9-11-18(12-10-17)26-24(31)25-14-16-7-5-4-6-8-16/h4-13,15,21H,14H2,1-3H3,(H,27,29)(H2,25,26,31). The topological polar surface area (TPSA) is 123 Å². The lowest BCUT2D eigenvalue weighted by Crippen LogP contribution is -2.44. The van der Waals surface area contributed by atoms with E-state index in [0.717, 1.165) is 5.56 Å². The number of aromatic nitrogens is 1. The van der Waals surface area contributed by atoms with E-state index in [1.807, 2.05) is 30.3 Å². The summed E-state index contributed by atoms with van der Waals surface area (Å²) in [6, 6.07) is 16.9. The van der Waals surface area contributed by atoms with Crippen molar-refractivity contribution < 1.29 is 23.6 Å². The molecule has 0 aliphatic carbocycles. The average molecular weight is 450 g/mol. The molecule has 1 unspecified atom stereocenters. The molecule has 9 heteroatoms. The van der Waals surface area contributed by atoms with Gasteiger partial charge in [0.2, 0.25) is 5.76 Å². The lowest BCUT2D eigenvalue weighted by molar-refractivity contribution is -0.144. The Morgan fingerprint density at radius 3 is 2.36 bits per heavy atom. The first kappa shape index (κ1) is 23.5. The maximum absolute atomic E-state index is 12.5. The van der Waals surface area contributed by atoms with Crippen LogP contribution in [0.4, 0.5) is 10.5 Å². The highest BCUT2D eigenvalue weighted by Gasteiger charge is 2.27. The van der Waals surface area contributed by atoms with Gasteiger partial charge in [0, 0.05) is 23.9 Å². The first-order chi connectivity index (χ1) is 15.9. The zero-order valence-corrected chi connectivity index (χ0v) is 18.6. The minimum absolute atomic E-state index is 0.0259. The number of amides is 3. The Morgan fingerprint density at radius 1 is 1.03 bits per heavy atom. The van der Waals surface area contributed by atoms with Crippen molar-refractivity contribution in [3.05, 3.63) is 72.0 Å². The highest BCUT2D eigenvalue weighted by Crippen LogP contribution is 2.21. The van der Waals surface area contributed by atoms with Gasteiger partial charge in [0.15, 0.2) is 0 Å². The fourth-order valence-electron chi connectivity index (χ4n) is 3.03. The molecule has 0 aliphatic rings. The number of hydrogen-bond donors (Lipinski definition) is 3. The number of urea groups is 1. The molecule has 1 aromatic heterocycles.